The van der Waals surface area contributed by atoms with Crippen LogP contribution in [0.1, 0.15) is 82.6 Å². The van der Waals surface area contributed by atoms with Gasteiger partial charge in [0, 0.05) is 36.6 Å². The van der Waals surface area contributed by atoms with Crippen molar-refractivity contribution in [2.24, 2.45) is 0 Å². The molecule has 1 aromatic heterocycles. The van der Waals surface area contributed by atoms with Crippen molar-refractivity contribution in [1.82, 2.24) is 20.2 Å². The number of rotatable bonds is 14. The van der Waals surface area contributed by atoms with E-state index in [1.54, 1.807) is 18.3 Å². The SMILES string of the molecule is CSc1nccc(COc2ccc(C(C)(C)c3cc(Cl)c(OCC(F)(F)CCC(=O)Nc4ccc5c(c4)C(=O)N(C4CCC(=O)NC4=O)C5=O)c(C#N)c3)cc2)n1. The van der Waals surface area contributed by atoms with E-state index in [1.165, 1.54) is 36.0 Å². The molecule has 13 nitrogen and oxygen atoms in total. The van der Waals surface area contributed by atoms with E-state index in [2.05, 4.69) is 20.6 Å². The van der Waals surface area contributed by atoms with Crippen LogP contribution in [0, 0.1) is 11.3 Å². The Kier molecular flexibility index (Phi) is 11.9. The molecule has 4 aromatic rings. The monoisotopic (exact) mass is 816 g/mol. The van der Waals surface area contributed by atoms with Crippen LogP contribution in [0.3, 0.4) is 0 Å². The Bertz CT molecular complexity index is 2320. The third-order valence-corrected chi connectivity index (χ3v) is 10.4. The van der Waals surface area contributed by atoms with Crippen molar-refractivity contribution in [2.45, 2.75) is 68.7 Å². The minimum Gasteiger partial charge on any atom is -0.487 e. The third-order valence-electron chi connectivity index (χ3n) is 9.59. The number of halogens is 3. The van der Waals surface area contributed by atoms with E-state index in [0.29, 0.717) is 16.5 Å². The summed E-state index contributed by atoms with van der Waals surface area (Å²) >= 11 is 7.96. The topological polar surface area (TPSA) is 181 Å². The van der Waals surface area contributed by atoms with Crippen LogP contribution in [-0.2, 0) is 26.4 Å². The van der Waals surface area contributed by atoms with Crippen molar-refractivity contribution >= 4 is 58.6 Å². The molecular weight excluding hydrogens is 782 g/mol. The second kappa shape index (κ2) is 16.7. The fourth-order valence-electron chi connectivity index (χ4n) is 6.35. The Morgan fingerprint density at radius 1 is 1.04 bits per heavy atom. The molecule has 2 N–H and O–H groups in total. The maximum absolute atomic E-state index is 15.0. The number of carbonyl (C=O) groups excluding carboxylic acids is 5. The predicted octanol–water partition coefficient (Wildman–Crippen LogP) is 6.46. The lowest BCUT2D eigenvalue weighted by molar-refractivity contribution is -0.136. The summed E-state index contributed by atoms with van der Waals surface area (Å²) in [7, 11) is 0. The maximum Gasteiger partial charge on any atom is 0.281 e. The van der Waals surface area contributed by atoms with Gasteiger partial charge in [-0.25, -0.2) is 18.7 Å². The molecule has 3 aromatic carbocycles. The van der Waals surface area contributed by atoms with Gasteiger partial charge in [0.25, 0.3) is 17.7 Å². The first-order chi connectivity index (χ1) is 27.1. The van der Waals surface area contributed by atoms with Gasteiger partial charge in [-0.2, -0.15) is 5.26 Å². The summed E-state index contributed by atoms with van der Waals surface area (Å²) in [6, 6.07) is 16.9. The van der Waals surface area contributed by atoms with Gasteiger partial charge in [-0.05, 0) is 72.3 Å². The molecule has 0 spiro atoms. The zero-order valence-electron chi connectivity index (χ0n) is 30.9. The number of nitrogens with one attached hydrogen (secondary N) is 2. The van der Waals surface area contributed by atoms with Gasteiger partial charge in [0.2, 0.25) is 17.7 Å². The first kappa shape index (κ1) is 40.7. The fourth-order valence-corrected chi connectivity index (χ4v) is 7.00. The molecule has 294 valence electrons. The number of anilines is 1. The molecule has 1 saturated heterocycles. The van der Waals surface area contributed by atoms with Gasteiger partial charge in [-0.3, -0.25) is 34.2 Å². The molecule has 6 rings (SSSR count). The highest BCUT2D eigenvalue weighted by Gasteiger charge is 2.44. The van der Waals surface area contributed by atoms with E-state index in [1.807, 2.05) is 50.4 Å². The van der Waals surface area contributed by atoms with Gasteiger partial charge in [-0.15, -0.1) is 0 Å². The van der Waals surface area contributed by atoms with E-state index in [-0.39, 0.29) is 52.6 Å². The lowest BCUT2D eigenvalue weighted by Crippen LogP contribution is -2.54. The van der Waals surface area contributed by atoms with Crippen molar-refractivity contribution < 1.29 is 42.2 Å². The molecule has 0 aliphatic carbocycles. The number of hydrogen-bond acceptors (Lipinski definition) is 11. The Labute approximate surface area is 335 Å². The molecule has 2 aliphatic heterocycles. The molecule has 57 heavy (non-hydrogen) atoms. The first-order valence-corrected chi connectivity index (χ1v) is 19.2. The second-order valence-corrected chi connectivity index (χ2v) is 15.0. The highest BCUT2D eigenvalue weighted by Crippen LogP contribution is 2.39. The van der Waals surface area contributed by atoms with Gasteiger partial charge in [0.1, 0.15) is 24.5 Å². The van der Waals surface area contributed by atoms with Crippen LogP contribution >= 0.6 is 23.4 Å². The summed E-state index contributed by atoms with van der Waals surface area (Å²) in [4.78, 5) is 71.9. The number of fused-ring (bicyclic) bond motifs is 1. The van der Waals surface area contributed by atoms with Crippen molar-refractivity contribution in [3.05, 3.63) is 105 Å². The Balaban J connectivity index is 1.04. The lowest BCUT2D eigenvalue weighted by atomic mass is 9.77. The molecule has 17 heteroatoms. The summed E-state index contributed by atoms with van der Waals surface area (Å²) in [5, 5.41) is 15.1. The average molecular weight is 817 g/mol. The van der Waals surface area contributed by atoms with Crippen LogP contribution in [-0.4, -0.2) is 69.2 Å². The summed E-state index contributed by atoms with van der Waals surface area (Å²) in [6.45, 7) is 2.94. The van der Waals surface area contributed by atoms with Gasteiger partial charge in [-0.1, -0.05) is 49.3 Å². The van der Waals surface area contributed by atoms with Gasteiger partial charge < -0.3 is 14.8 Å². The van der Waals surface area contributed by atoms with Gasteiger partial charge >= 0.3 is 0 Å². The van der Waals surface area contributed by atoms with Crippen molar-refractivity contribution in [2.75, 3.05) is 18.2 Å². The summed E-state index contributed by atoms with van der Waals surface area (Å²) < 4.78 is 41.4. The molecule has 1 atom stereocenters. The number of nitriles is 1. The van der Waals surface area contributed by atoms with E-state index < -0.39 is 66.4 Å². The molecule has 1 unspecified atom stereocenters. The standard InChI is InChI=1S/C40H35ClF2N6O7S/c1-39(2,23-4-7-27(8-5-23)55-20-26-13-15-45-38(47-26)57-3)24-16-22(19-44)34(30(41)17-24)56-21-40(42,43)14-12-33(51)46-25-6-9-28-29(18-25)37(54)49(36(28)53)31-10-11-32(50)48-35(31)52/h4-9,13,15-18,31H,10-12,14,20-21H2,1-3H3,(H,46,51)(H,48,50,52). The summed E-state index contributed by atoms with van der Waals surface area (Å²) in [5.41, 5.74) is 1.52. The minimum absolute atomic E-state index is 0.00127. The minimum atomic E-state index is -3.51. The highest BCUT2D eigenvalue weighted by molar-refractivity contribution is 7.98. The number of hydrogen-bond donors (Lipinski definition) is 2. The van der Waals surface area contributed by atoms with Crippen molar-refractivity contribution in [3.8, 4) is 17.6 Å². The molecule has 0 bridgehead atoms. The van der Waals surface area contributed by atoms with Crippen LogP contribution < -0.4 is 20.1 Å². The molecule has 0 radical (unpaired) electrons. The average Bonchev–Trinajstić information content (AvgIpc) is 3.43. The smallest absolute Gasteiger partial charge is 0.281 e. The number of imide groups is 2. The van der Waals surface area contributed by atoms with Crippen LogP contribution in [0.25, 0.3) is 0 Å². The second-order valence-electron chi connectivity index (χ2n) is 13.8. The van der Waals surface area contributed by atoms with E-state index >= 15 is 8.78 Å². The van der Waals surface area contributed by atoms with Crippen molar-refractivity contribution in [1.29, 1.82) is 5.26 Å². The Morgan fingerprint density at radius 3 is 2.47 bits per heavy atom. The highest BCUT2D eigenvalue weighted by atomic mass is 35.5. The molecule has 5 amide bonds. The molecule has 1 fully saturated rings. The van der Waals surface area contributed by atoms with Crippen molar-refractivity contribution in [3.63, 3.8) is 0 Å². The zero-order chi connectivity index (χ0) is 41.1. The molecule has 2 aliphatic rings. The largest absolute Gasteiger partial charge is 0.487 e. The Morgan fingerprint density at radius 2 is 1.77 bits per heavy atom. The number of amides is 5. The molecule has 0 saturated carbocycles. The van der Waals surface area contributed by atoms with Crippen LogP contribution in [0.4, 0.5) is 14.5 Å². The summed E-state index contributed by atoms with van der Waals surface area (Å²) in [5.74, 6) is -6.69. The van der Waals surface area contributed by atoms with Crippen LogP contribution in [0.15, 0.2) is 72.0 Å². The number of nitrogens with zero attached hydrogens (tertiary/aromatic N) is 4. The number of thioether (sulfide) groups is 1. The third kappa shape index (κ3) is 9.05. The van der Waals surface area contributed by atoms with Crippen LogP contribution in [0.2, 0.25) is 5.02 Å². The number of benzene rings is 3. The number of piperidine rings is 1. The fraction of sp³-hybridized carbons (Fsp3) is 0.300. The number of carbonyl (C=O) groups is 5. The van der Waals surface area contributed by atoms with Gasteiger partial charge in [0.15, 0.2) is 17.5 Å². The lowest BCUT2D eigenvalue weighted by Gasteiger charge is -2.27. The van der Waals surface area contributed by atoms with E-state index in [9.17, 15) is 29.2 Å². The molecule has 3 heterocycles. The van der Waals surface area contributed by atoms with E-state index in [0.717, 1.165) is 16.2 Å². The zero-order valence-corrected chi connectivity index (χ0v) is 32.4. The number of alkyl halides is 2. The predicted molar refractivity (Wildman–Crippen MR) is 204 cm³/mol. The van der Waals surface area contributed by atoms with Crippen LogP contribution in [0.5, 0.6) is 11.5 Å². The normalized spacial score (nSPS) is 15.5. The summed E-state index contributed by atoms with van der Waals surface area (Å²) in [6.07, 6.45) is 1.93. The molecular formula is C40H35ClF2N6O7S. The van der Waals surface area contributed by atoms with Gasteiger partial charge in [0.05, 0.1) is 27.4 Å². The number of ether oxygens (including phenoxy) is 2. The number of aromatic nitrogens is 2. The quantitative estimate of drug-likeness (QED) is 0.0810. The maximum atomic E-state index is 15.0. The first-order valence-electron chi connectivity index (χ1n) is 17.6. The Hall–Kier alpha value is -5.92. The van der Waals surface area contributed by atoms with E-state index in [4.69, 9.17) is 21.1 Å².